The van der Waals surface area contributed by atoms with E-state index in [4.69, 9.17) is 14.2 Å². The van der Waals surface area contributed by atoms with Crippen LogP contribution in [0.1, 0.15) is 193 Å². The topological polar surface area (TPSA) is 27.7 Å². The van der Waals surface area contributed by atoms with Crippen LogP contribution in [0.2, 0.25) is 0 Å². The molecule has 4 fully saturated rings. The summed E-state index contributed by atoms with van der Waals surface area (Å²) in [5.74, 6) is 1.20. The van der Waals surface area contributed by atoms with Gasteiger partial charge in [0.15, 0.2) is 23.1 Å². The largest absolute Gasteiger partial charge is 0.490 e. The van der Waals surface area contributed by atoms with E-state index in [1.165, 1.54) is 77.0 Å². The van der Waals surface area contributed by atoms with Crippen molar-refractivity contribution in [1.29, 1.82) is 0 Å². The fraction of sp³-hybridized carbons (Fsp3) is 0.714. The molecule has 0 heterocycles. The van der Waals surface area contributed by atoms with Crippen LogP contribution in [0.5, 0.6) is 11.5 Å². The van der Waals surface area contributed by atoms with Crippen LogP contribution >= 0.6 is 0 Å². The van der Waals surface area contributed by atoms with Crippen molar-refractivity contribution < 1.29 is 31.8 Å². The summed E-state index contributed by atoms with van der Waals surface area (Å²) in [7, 11) is 0. The summed E-state index contributed by atoms with van der Waals surface area (Å²) in [5, 5.41) is 0. The average Bonchev–Trinajstić information content (AvgIpc) is 3.31. The molecule has 3 nitrogen and oxygen atoms in total. The molecule has 0 spiro atoms. The van der Waals surface area contributed by atoms with Gasteiger partial charge < -0.3 is 14.2 Å². The van der Waals surface area contributed by atoms with E-state index in [1.807, 2.05) is 26.0 Å². The maximum absolute atomic E-state index is 16.1. The molecule has 7 heteroatoms. The molecular formula is C56H82F4O3. The quantitative estimate of drug-likeness (QED) is 0.0871. The van der Waals surface area contributed by atoms with Gasteiger partial charge in [-0.05, 0) is 173 Å². The molecule has 4 saturated carbocycles. The van der Waals surface area contributed by atoms with Crippen LogP contribution in [0.25, 0.3) is 11.1 Å². The lowest BCUT2D eigenvalue weighted by Crippen LogP contribution is -2.26. The fourth-order valence-electron chi connectivity index (χ4n) is 12.3. The van der Waals surface area contributed by atoms with Crippen molar-refractivity contribution in [2.45, 2.75) is 182 Å². The van der Waals surface area contributed by atoms with E-state index >= 15 is 17.6 Å². The van der Waals surface area contributed by atoms with Crippen molar-refractivity contribution in [1.82, 2.24) is 0 Å². The second kappa shape index (κ2) is 25.8. The summed E-state index contributed by atoms with van der Waals surface area (Å²) in [5.41, 5.74) is 2.17. The van der Waals surface area contributed by atoms with Gasteiger partial charge in [0.05, 0.1) is 26.4 Å². The van der Waals surface area contributed by atoms with Crippen LogP contribution in [-0.2, 0) is 4.74 Å². The van der Waals surface area contributed by atoms with Gasteiger partial charge in [-0.25, -0.2) is 8.78 Å². The Balaban J connectivity index is 1.18. The lowest BCUT2D eigenvalue weighted by atomic mass is 9.67. The highest BCUT2D eigenvalue weighted by Gasteiger charge is 2.35. The summed E-state index contributed by atoms with van der Waals surface area (Å²) in [4.78, 5) is 0. The zero-order valence-electron chi connectivity index (χ0n) is 39.6. The van der Waals surface area contributed by atoms with E-state index in [2.05, 4.69) is 13.8 Å². The maximum atomic E-state index is 16.1. The van der Waals surface area contributed by atoms with Gasteiger partial charge in [0.2, 0.25) is 11.6 Å². The number of benzene rings is 2. The lowest BCUT2D eigenvalue weighted by molar-refractivity contribution is 0.153. The lowest BCUT2D eigenvalue weighted by Gasteiger charge is -2.38. The van der Waals surface area contributed by atoms with E-state index in [-0.39, 0.29) is 47.7 Å². The van der Waals surface area contributed by atoms with Gasteiger partial charge in [0.25, 0.3) is 0 Å². The molecule has 0 aliphatic heterocycles. The Morgan fingerprint density at radius 2 is 0.810 bits per heavy atom. The Hall–Kier alpha value is -2.80. The number of allylic oxidation sites excluding steroid dienone is 2. The third-order valence-corrected chi connectivity index (χ3v) is 16.0. The molecule has 6 rings (SSSR count). The maximum Gasteiger partial charge on any atom is 0.201 e. The molecule has 0 amide bonds. The summed E-state index contributed by atoms with van der Waals surface area (Å²) >= 11 is 0. The van der Waals surface area contributed by atoms with Crippen molar-refractivity contribution in [3.63, 3.8) is 0 Å². The normalized spacial score (nSPS) is 27.4. The Bertz CT molecular complexity index is 1600. The first-order chi connectivity index (χ1) is 30.8. The van der Waals surface area contributed by atoms with Gasteiger partial charge >= 0.3 is 0 Å². The van der Waals surface area contributed by atoms with Crippen molar-refractivity contribution in [2.75, 3.05) is 26.4 Å². The Labute approximate surface area is 379 Å². The second-order valence-corrected chi connectivity index (χ2v) is 20.1. The van der Waals surface area contributed by atoms with E-state index in [1.54, 1.807) is 24.3 Å². The molecule has 0 radical (unpaired) electrons. The van der Waals surface area contributed by atoms with Crippen LogP contribution in [0.4, 0.5) is 17.6 Å². The van der Waals surface area contributed by atoms with Gasteiger partial charge in [-0.1, -0.05) is 104 Å². The van der Waals surface area contributed by atoms with Gasteiger partial charge in [-0.3, -0.25) is 0 Å². The SMILES string of the molecule is CCCCOc1ccc(C(=CCOCC=C(c2ccc(OCCCC)c(F)c2F)C2CCC(C3CCC(CCC)CC3)CC2)C2CCC(C3CCC(CCC)CC3)CC2)c(F)c1F. The van der Waals surface area contributed by atoms with Crippen molar-refractivity contribution in [3.05, 3.63) is 70.8 Å². The minimum absolute atomic E-state index is 0.0436. The molecule has 2 aromatic carbocycles. The summed E-state index contributed by atoms with van der Waals surface area (Å²) < 4.78 is 80.9. The summed E-state index contributed by atoms with van der Waals surface area (Å²) in [6.45, 7) is 9.74. The molecule has 63 heavy (non-hydrogen) atoms. The number of rotatable bonds is 22. The number of unbranched alkanes of at least 4 members (excludes halogenated alkanes) is 2. The monoisotopic (exact) mass is 879 g/mol. The molecule has 2 aromatic rings. The van der Waals surface area contributed by atoms with E-state index in [9.17, 15) is 0 Å². The molecular weight excluding hydrogens is 797 g/mol. The fourth-order valence-corrected chi connectivity index (χ4v) is 12.3. The van der Waals surface area contributed by atoms with Crippen LogP contribution < -0.4 is 9.47 Å². The van der Waals surface area contributed by atoms with Crippen molar-refractivity contribution >= 4 is 11.1 Å². The molecule has 4 aliphatic rings. The first kappa shape index (κ1) is 49.6. The molecule has 4 aliphatic carbocycles. The third kappa shape index (κ3) is 13.6. The Kier molecular flexibility index (Phi) is 20.3. The minimum Gasteiger partial charge on any atom is -0.490 e. The van der Waals surface area contributed by atoms with Gasteiger partial charge in [-0.15, -0.1) is 0 Å². The number of ether oxygens (including phenoxy) is 3. The predicted octanol–water partition coefficient (Wildman–Crippen LogP) is 16.9. The molecule has 0 saturated heterocycles. The van der Waals surface area contributed by atoms with Crippen molar-refractivity contribution in [3.8, 4) is 11.5 Å². The predicted molar refractivity (Wildman–Crippen MR) is 252 cm³/mol. The van der Waals surface area contributed by atoms with E-state index in [0.29, 0.717) is 25.0 Å². The van der Waals surface area contributed by atoms with Crippen LogP contribution in [-0.4, -0.2) is 26.4 Å². The zero-order valence-corrected chi connectivity index (χ0v) is 39.6. The zero-order chi connectivity index (χ0) is 44.6. The molecule has 0 N–H and O–H groups in total. The molecule has 0 unspecified atom stereocenters. The van der Waals surface area contributed by atoms with E-state index < -0.39 is 23.3 Å². The van der Waals surface area contributed by atoms with Crippen LogP contribution in [0, 0.1) is 70.6 Å². The highest BCUT2D eigenvalue weighted by molar-refractivity contribution is 5.70. The summed E-state index contributed by atoms with van der Waals surface area (Å²) in [6.07, 6.45) is 31.3. The standard InChI is InChI=1S/C56H82F4O3/c1-5-9-35-62-51-31-29-49(53(57)55(51)59)47(45-25-21-43(22-26-45)41-17-13-39(11-7-3)14-18-41)33-37-61-38-34-48(50-30-32-52(56(60)54(50)58)63-36-10-6-2)46-27-23-44(24-28-46)42-19-15-40(12-8-4)16-20-42/h29-34,39-46H,5-28,35-38H2,1-4H3. The van der Waals surface area contributed by atoms with Gasteiger partial charge in [0.1, 0.15) is 0 Å². The third-order valence-electron chi connectivity index (χ3n) is 16.0. The van der Waals surface area contributed by atoms with Crippen LogP contribution in [0.3, 0.4) is 0 Å². The number of halogens is 4. The Morgan fingerprint density at radius 3 is 1.14 bits per heavy atom. The summed E-state index contributed by atoms with van der Waals surface area (Å²) in [6, 6.07) is 6.52. The molecule has 0 bridgehead atoms. The van der Waals surface area contributed by atoms with Gasteiger partial charge in [0, 0.05) is 11.1 Å². The number of hydrogen-bond donors (Lipinski definition) is 0. The Morgan fingerprint density at radius 1 is 0.460 bits per heavy atom. The average molecular weight is 879 g/mol. The molecule has 352 valence electrons. The van der Waals surface area contributed by atoms with Crippen molar-refractivity contribution in [2.24, 2.45) is 47.3 Å². The molecule has 0 atom stereocenters. The highest BCUT2D eigenvalue weighted by atomic mass is 19.2. The van der Waals surface area contributed by atoms with Gasteiger partial charge in [-0.2, -0.15) is 8.78 Å². The smallest absolute Gasteiger partial charge is 0.201 e. The van der Waals surface area contributed by atoms with Crippen LogP contribution in [0.15, 0.2) is 36.4 Å². The highest BCUT2D eigenvalue weighted by Crippen LogP contribution is 2.48. The number of hydrogen-bond acceptors (Lipinski definition) is 3. The minimum atomic E-state index is -0.935. The van der Waals surface area contributed by atoms with E-state index in [0.717, 1.165) is 112 Å². The first-order valence-electron chi connectivity index (χ1n) is 26.0. The molecule has 0 aromatic heterocycles. The second-order valence-electron chi connectivity index (χ2n) is 20.1. The first-order valence-corrected chi connectivity index (χ1v) is 26.0.